The van der Waals surface area contributed by atoms with E-state index in [-0.39, 0.29) is 5.91 Å². The lowest BCUT2D eigenvalue weighted by Crippen LogP contribution is -2.24. The van der Waals surface area contributed by atoms with E-state index in [1.54, 1.807) is 0 Å². The van der Waals surface area contributed by atoms with Crippen molar-refractivity contribution in [3.05, 3.63) is 58.4 Å². The number of nitrogens with zero attached hydrogens (tertiary/aromatic N) is 1. The third-order valence-electron chi connectivity index (χ3n) is 3.76. The van der Waals surface area contributed by atoms with Gasteiger partial charge in [0, 0.05) is 24.0 Å². The van der Waals surface area contributed by atoms with Gasteiger partial charge in [-0.1, -0.05) is 12.1 Å². The molecule has 1 aromatic heterocycles. The molecule has 1 heterocycles. The van der Waals surface area contributed by atoms with Crippen LogP contribution in [0.25, 0.3) is 0 Å². The lowest BCUT2D eigenvalue weighted by atomic mass is 10.0. The minimum atomic E-state index is -0.0138. The summed E-state index contributed by atoms with van der Waals surface area (Å²) in [5.74, 6) is -0.0138. The Hall–Kier alpha value is -2.03. The topological polar surface area (TPSA) is 34.0 Å². The summed E-state index contributed by atoms with van der Waals surface area (Å²) in [6, 6.07) is 9.91. The Bertz CT molecular complexity index is 611. The summed E-state index contributed by atoms with van der Waals surface area (Å²) in [6.07, 6.45) is 0. The van der Waals surface area contributed by atoms with Crippen molar-refractivity contribution in [1.29, 1.82) is 0 Å². The fourth-order valence-electron chi connectivity index (χ4n) is 2.11. The molecule has 2 rings (SSSR count). The molecule has 1 amide bonds. The van der Waals surface area contributed by atoms with Gasteiger partial charge in [0.15, 0.2) is 0 Å². The molecule has 0 aliphatic heterocycles. The summed E-state index contributed by atoms with van der Waals surface area (Å²) in [4.78, 5) is 12.2. The Morgan fingerprint density at radius 2 is 1.89 bits per heavy atom. The van der Waals surface area contributed by atoms with E-state index in [1.807, 2.05) is 45.2 Å². The van der Waals surface area contributed by atoms with Gasteiger partial charge in [0.1, 0.15) is 0 Å². The Morgan fingerprint density at radius 3 is 2.53 bits per heavy atom. The molecule has 0 aliphatic rings. The number of nitrogens with one attached hydrogen (secondary N) is 1. The molecule has 100 valence electrons. The van der Waals surface area contributed by atoms with Crippen molar-refractivity contribution >= 4 is 5.91 Å². The van der Waals surface area contributed by atoms with Gasteiger partial charge in [-0.15, -0.1) is 0 Å². The largest absolute Gasteiger partial charge is 0.350 e. The zero-order chi connectivity index (χ0) is 14.0. The van der Waals surface area contributed by atoms with Gasteiger partial charge in [0.2, 0.25) is 0 Å². The van der Waals surface area contributed by atoms with Crippen molar-refractivity contribution < 1.29 is 4.79 Å². The summed E-state index contributed by atoms with van der Waals surface area (Å²) in [6.45, 7) is 6.61. The molecule has 0 atom stereocenters. The molecule has 1 N–H and O–H groups in total. The summed E-state index contributed by atoms with van der Waals surface area (Å²) < 4.78 is 2.09. The Morgan fingerprint density at radius 1 is 1.16 bits per heavy atom. The minimum Gasteiger partial charge on any atom is -0.350 e. The van der Waals surface area contributed by atoms with Crippen LogP contribution in [0.1, 0.15) is 32.9 Å². The van der Waals surface area contributed by atoms with Crippen LogP contribution in [0.3, 0.4) is 0 Å². The zero-order valence-electron chi connectivity index (χ0n) is 11.9. The van der Waals surface area contributed by atoms with Crippen LogP contribution in [0.5, 0.6) is 0 Å². The molecule has 0 unspecified atom stereocenters. The highest BCUT2D eigenvalue weighted by Crippen LogP contribution is 2.13. The SMILES string of the molecule is Cc1cccc(C(=O)NCc2ccc(C)n2C)c1C. The zero-order valence-corrected chi connectivity index (χ0v) is 11.9. The van der Waals surface area contributed by atoms with E-state index >= 15 is 0 Å². The average molecular weight is 256 g/mol. The Kier molecular flexibility index (Phi) is 3.74. The third-order valence-corrected chi connectivity index (χ3v) is 3.76. The maximum atomic E-state index is 12.2. The number of carbonyl (C=O) groups excluding carboxylic acids is 1. The molecule has 3 heteroatoms. The molecule has 0 bridgehead atoms. The van der Waals surface area contributed by atoms with Crippen LogP contribution >= 0.6 is 0 Å². The third kappa shape index (κ3) is 2.70. The van der Waals surface area contributed by atoms with Crippen LogP contribution in [0, 0.1) is 20.8 Å². The van der Waals surface area contributed by atoms with E-state index in [0.717, 1.165) is 22.4 Å². The lowest BCUT2D eigenvalue weighted by molar-refractivity contribution is 0.0949. The van der Waals surface area contributed by atoms with Gasteiger partial charge in [-0.25, -0.2) is 0 Å². The van der Waals surface area contributed by atoms with Crippen molar-refractivity contribution in [3.8, 4) is 0 Å². The van der Waals surface area contributed by atoms with E-state index in [1.165, 1.54) is 5.69 Å². The van der Waals surface area contributed by atoms with Crippen LogP contribution in [0.2, 0.25) is 0 Å². The standard InChI is InChI=1S/C16H20N2O/c1-11-6-5-7-15(13(11)3)16(19)17-10-14-9-8-12(2)18(14)4/h5-9H,10H2,1-4H3,(H,17,19). The summed E-state index contributed by atoms with van der Waals surface area (Å²) >= 11 is 0. The van der Waals surface area contributed by atoms with Crippen LogP contribution in [0.4, 0.5) is 0 Å². The first-order chi connectivity index (χ1) is 9.00. The Balaban J connectivity index is 2.10. The first-order valence-electron chi connectivity index (χ1n) is 6.46. The maximum absolute atomic E-state index is 12.2. The number of aromatic nitrogens is 1. The first-order valence-corrected chi connectivity index (χ1v) is 6.46. The van der Waals surface area contributed by atoms with E-state index in [9.17, 15) is 4.79 Å². The van der Waals surface area contributed by atoms with Crippen molar-refractivity contribution in [2.45, 2.75) is 27.3 Å². The number of rotatable bonds is 3. The van der Waals surface area contributed by atoms with Crippen molar-refractivity contribution in [2.24, 2.45) is 7.05 Å². The fraction of sp³-hybridized carbons (Fsp3) is 0.312. The molecule has 0 saturated carbocycles. The van der Waals surface area contributed by atoms with Gasteiger partial charge >= 0.3 is 0 Å². The number of benzene rings is 1. The van der Waals surface area contributed by atoms with Gasteiger partial charge in [-0.2, -0.15) is 0 Å². The van der Waals surface area contributed by atoms with E-state index < -0.39 is 0 Å². The quantitative estimate of drug-likeness (QED) is 0.900. The predicted octanol–water partition coefficient (Wildman–Crippen LogP) is 2.88. The molecule has 0 radical (unpaired) electrons. The number of hydrogen-bond acceptors (Lipinski definition) is 1. The summed E-state index contributed by atoms with van der Waals surface area (Å²) in [5.41, 5.74) is 5.24. The second-order valence-corrected chi connectivity index (χ2v) is 4.96. The molecule has 19 heavy (non-hydrogen) atoms. The maximum Gasteiger partial charge on any atom is 0.251 e. The van der Waals surface area contributed by atoms with Crippen LogP contribution < -0.4 is 5.32 Å². The molecule has 0 saturated heterocycles. The van der Waals surface area contributed by atoms with Crippen LogP contribution in [-0.4, -0.2) is 10.5 Å². The number of aryl methyl sites for hydroxylation is 2. The number of hydrogen-bond donors (Lipinski definition) is 1. The Labute approximate surface area is 114 Å². The molecule has 1 aromatic carbocycles. The molecule has 2 aromatic rings. The summed E-state index contributed by atoms with van der Waals surface area (Å²) in [5, 5.41) is 2.98. The van der Waals surface area contributed by atoms with Crippen LogP contribution in [-0.2, 0) is 13.6 Å². The van der Waals surface area contributed by atoms with E-state index in [0.29, 0.717) is 6.54 Å². The highest BCUT2D eigenvalue weighted by Gasteiger charge is 2.10. The molecule has 0 fully saturated rings. The molecule has 0 aliphatic carbocycles. The van der Waals surface area contributed by atoms with Crippen molar-refractivity contribution in [2.75, 3.05) is 0 Å². The van der Waals surface area contributed by atoms with Crippen molar-refractivity contribution in [1.82, 2.24) is 9.88 Å². The van der Waals surface area contributed by atoms with Gasteiger partial charge in [0.25, 0.3) is 5.91 Å². The van der Waals surface area contributed by atoms with E-state index in [4.69, 9.17) is 0 Å². The number of amides is 1. The van der Waals surface area contributed by atoms with Gasteiger partial charge in [0.05, 0.1) is 6.54 Å². The van der Waals surface area contributed by atoms with Gasteiger partial charge < -0.3 is 9.88 Å². The molecule has 0 spiro atoms. The number of carbonyl (C=O) groups is 1. The van der Waals surface area contributed by atoms with Crippen molar-refractivity contribution in [3.63, 3.8) is 0 Å². The van der Waals surface area contributed by atoms with Gasteiger partial charge in [-0.05, 0) is 50.1 Å². The van der Waals surface area contributed by atoms with E-state index in [2.05, 4.69) is 22.9 Å². The first kappa shape index (κ1) is 13.4. The second-order valence-electron chi connectivity index (χ2n) is 4.96. The summed E-state index contributed by atoms with van der Waals surface area (Å²) in [7, 11) is 2.01. The predicted molar refractivity (Wildman–Crippen MR) is 77.2 cm³/mol. The molecular formula is C16H20N2O. The molecular weight excluding hydrogens is 236 g/mol. The smallest absolute Gasteiger partial charge is 0.251 e. The minimum absolute atomic E-state index is 0.0138. The van der Waals surface area contributed by atoms with Gasteiger partial charge in [-0.3, -0.25) is 4.79 Å². The highest BCUT2D eigenvalue weighted by atomic mass is 16.1. The normalized spacial score (nSPS) is 10.5. The van der Waals surface area contributed by atoms with Crippen LogP contribution in [0.15, 0.2) is 30.3 Å². The fourth-order valence-corrected chi connectivity index (χ4v) is 2.11. The monoisotopic (exact) mass is 256 g/mol. The second kappa shape index (κ2) is 5.31. The average Bonchev–Trinajstić information content (AvgIpc) is 2.70. The molecule has 3 nitrogen and oxygen atoms in total. The lowest BCUT2D eigenvalue weighted by Gasteiger charge is -2.10. The highest BCUT2D eigenvalue weighted by molar-refractivity contribution is 5.95.